The number of rotatable bonds is 16. The Labute approximate surface area is 336 Å². The lowest BCUT2D eigenvalue weighted by Gasteiger charge is -2.50. The highest BCUT2D eigenvalue weighted by Gasteiger charge is 2.48. The predicted octanol–water partition coefficient (Wildman–Crippen LogP) is 8.91. The Morgan fingerprint density at radius 1 is 0.741 bits per heavy atom. The molecular formula is C43H55Cl3FN5O2. The van der Waals surface area contributed by atoms with E-state index in [4.69, 9.17) is 34.8 Å². The number of alkyl halides is 3. The SMILES string of the molecule is O=C(c1ccccc1)N(CC1CC(Cc2ccc(F)cc2)(NC(=O)C(Cl)(Cl)Cl)C1)c1ccc(N(CCCN2CCCCC2)CCCN2CCCCC2)cc1. The van der Waals surface area contributed by atoms with Gasteiger partial charge in [0.05, 0.1) is 0 Å². The Morgan fingerprint density at radius 3 is 1.81 bits per heavy atom. The lowest BCUT2D eigenvalue weighted by atomic mass is 9.65. The van der Waals surface area contributed by atoms with E-state index in [2.05, 4.69) is 44.3 Å². The second kappa shape index (κ2) is 19.3. The van der Waals surface area contributed by atoms with Gasteiger partial charge in [-0.15, -0.1) is 0 Å². The molecular weight excluding hydrogens is 744 g/mol. The summed E-state index contributed by atoms with van der Waals surface area (Å²) in [6, 6.07) is 24.1. The van der Waals surface area contributed by atoms with Gasteiger partial charge in [-0.2, -0.15) is 0 Å². The first-order valence-electron chi connectivity index (χ1n) is 19.9. The maximum absolute atomic E-state index is 14.2. The molecule has 7 nitrogen and oxygen atoms in total. The number of hydrogen-bond donors (Lipinski definition) is 1. The van der Waals surface area contributed by atoms with Crippen LogP contribution < -0.4 is 15.1 Å². The predicted molar refractivity (Wildman–Crippen MR) is 221 cm³/mol. The van der Waals surface area contributed by atoms with Crippen molar-refractivity contribution in [1.29, 1.82) is 0 Å². The number of nitrogens with one attached hydrogen (secondary N) is 1. The third kappa shape index (κ3) is 11.6. The van der Waals surface area contributed by atoms with Gasteiger partial charge in [0.25, 0.3) is 15.6 Å². The molecule has 1 N–H and O–H groups in total. The zero-order valence-corrected chi connectivity index (χ0v) is 33.6. The van der Waals surface area contributed by atoms with Crippen LogP contribution in [-0.2, 0) is 11.2 Å². The van der Waals surface area contributed by atoms with Gasteiger partial charge in [-0.3, -0.25) is 9.59 Å². The summed E-state index contributed by atoms with van der Waals surface area (Å²) < 4.78 is 11.6. The lowest BCUT2D eigenvalue weighted by molar-refractivity contribution is -0.124. The number of carbonyl (C=O) groups excluding carboxylic acids is 2. The van der Waals surface area contributed by atoms with E-state index < -0.39 is 15.2 Å². The average Bonchev–Trinajstić information content (AvgIpc) is 3.17. The maximum Gasteiger partial charge on any atom is 0.272 e. The summed E-state index contributed by atoms with van der Waals surface area (Å²) in [5.41, 5.74) is 2.79. The van der Waals surface area contributed by atoms with Gasteiger partial charge in [-0.25, -0.2) is 4.39 Å². The highest BCUT2D eigenvalue weighted by molar-refractivity contribution is 6.76. The van der Waals surface area contributed by atoms with E-state index in [9.17, 15) is 14.0 Å². The van der Waals surface area contributed by atoms with Crippen molar-refractivity contribution in [2.24, 2.45) is 5.92 Å². The number of carbonyl (C=O) groups is 2. The molecule has 0 unspecified atom stereocenters. The Hall–Kier alpha value is -2.88. The molecule has 3 aliphatic rings. The highest BCUT2D eigenvalue weighted by atomic mass is 35.6. The Bertz CT molecular complexity index is 1600. The van der Waals surface area contributed by atoms with Gasteiger partial charge in [0.2, 0.25) is 0 Å². The van der Waals surface area contributed by atoms with Crippen molar-refractivity contribution in [2.45, 2.75) is 80.0 Å². The van der Waals surface area contributed by atoms with E-state index in [0.29, 0.717) is 31.4 Å². The fraction of sp³-hybridized carbons (Fsp3) is 0.535. The van der Waals surface area contributed by atoms with E-state index in [0.717, 1.165) is 50.3 Å². The standard InChI is InChI=1S/C43H55Cl3FN5O2/c44-43(45,46)41(54)48-42(30-34-14-16-37(47)17-15-34)31-35(32-42)33-52(40(53)36-12-4-1-5-13-36)39-20-18-38(19-21-39)51(28-10-26-49-22-6-2-7-23-49)29-11-27-50-24-8-3-9-25-50/h1,4-5,12-21,35H,2-3,6-11,22-33H2,(H,48,54). The van der Waals surface area contributed by atoms with Gasteiger partial charge in [0, 0.05) is 42.1 Å². The minimum atomic E-state index is -2.12. The molecule has 3 aromatic carbocycles. The number of nitrogens with zero attached hydrogens (tertiary/aromatic N) is 4. The minimum absolute atomic E-state index is 0.0644. The summed E-state index contributed by atoms with van der Waals surface area (Å²) in [6.45, 7) is 9.56. The number of anilines is 2. The summed E-state index contributed by atoms with van der Waals surface area (Å²) in [5, 5.41) is 2.99. The Kier molecular flexibility index (Phi) is 14.6. The van der Waals surface area contributed by atoms with Gasteiger partial charge in [0.15, 0.2) is 0 Å². The van der Waals surface area contributed by atoms with Crippen LogP contribution in [0.15, 0.2) is 78.9 Å². The number of piperidine rings is 2. The number of likely N-dealkylation sites (tertiary alicyclic amines) is 2. The Balaban J connectivity index is 1.17. The molecule has 3 aromatic rings. The smallest absolute Gasteiger partial charge is 0.272 e. The molecule has 0 atom stereocenters. The summed E-state index contributed by atoms with van der Waals surface area (Å²) in [7, 11) is 0. The van der Waals surface area contributed by atoms with Crippen LogP contribution in [0.3, 0.4) is 0 Å². The third-order valence-electron chi connectivity index (χ3n) is 11.4. The topological polar surface area (TPSA) is 59.1 Å². The summed E-state index contributed by atoms with van der Waals surface area (Å²) in [6.07, 6.45) is 11.7. The minimum Gasteiger partial charge on any atom is -0.371 e. The molecule has 6 rings (SSSR count). The van der Waals surface area contributed by atoms with Crippen LogP contribution in [0.4, 0.5) is 15.8 Å². The zero-order chi connectivity index (χ0) is 38.0. The molecule has 2 amide bonds. The second-order valence-corrected chi connectivity index (χ2v) is 17.9. The first kappa shape index (κ1) is 40.8. The van der Waals surface area contributed by atoms with E-state index in [-0.39, 0.29) is 17.6 Å². The lowest BCUT2D eigenvalue weighted by Crippen LogP contribution is -2.62. The molecule has 0 spiro atoms. The molecule has 3 fully saturated rings. The van der Waals surface area contributed by atoms with Gasteiger partial charge in [-0.1, -0.05) is 78.0 Å². The molecule has 292 valence electrons. The fourth-order valence-corrected chi connectivity index (χ4v) is 8.76. The molecule has 2 saturated heterocycles. The number of halogens is 4. The summed E-state index contributed by atoms with van der Waals surface area (Å²) in [4.78, 5) is 36.7. The van der Waals surface area contributed by atoms with Crippen molar-refractivity contribution in [2.75, 3.05) is 68.7 Å². The second-order valence-electron chi connectivity index (χ2n) is 15.6. The van der Waals surface area contributed by atoms with Crippen LogP contribution in [-0.4, -0.2) is 89.8 Å². The van der Waals surface area contributed by atoms with Crippen molar-refractivity contribution in [3.63, 3.8) is 0 Å². The zero-order valence-electron chi connectivity index (χ0n) is 31.3. The first-order chi connectivity index (χ1) is 26.1. The van der Waals surface area contributed by atoms with E-state index in [1.165, 1.54) is 82.5 Å². The highest BCUT2D eigenvalue weighted by Crippen LogP contribution is 2.43. The molecule has 2 heterocycles. The number of hydrogen-bond acceptors (Lipinski definition) is 5. The first-order valence-corrected chi connectivity index (χ1v) is 21.0. The summed E-state index contributed by atoms with van der Waals surface area (Å²) in [5.74, 6) is -1.04. The van der Waals surface area contributed by atoms with Crippen molar-refractivity contribution in [3.8, 4) is 0 Å². The summed E-state index contributed by atoms with van der Waals surface area (Å²) >= 11 is 17.9. The van der Waals surface area contributed by atoms with Crippen LogP contribution in [0.5, 0.6) is 0 Å². The fourth-order valence-electron chi connectivity index (χ4n) is 8.62. The molecule has 1 aliphatic carbocycles. The van der Waals surface area contributed by atoms with E-state index in [1.54, 1.807) is 12.1 Å². The van der Waals surface area contributed by atoms with Gasteiger partial charge in [0.1, 0.15) is 5.82 Å². The molecule has 0 bridgehead atoms. The average molecular weight is 799 g/mol. The number of amides is 2. The number of benzene rings is 3. The van der Waals surface area contributed by atoms with Gasteiger partial charge >= 0.3 is 0 Å². The van der Waals surface area contributed by atoms with Gasteiger partial charge < -0.3 is 24.9 Å². The molecule has 0 radical (unpaired) electrons. The normalized spacial score (nSPS) is 20.9. The van der Waals surface area contributed by atoms with Crippen LogP contribution in [0.25, 0.3) is 0 Å². The van der Waals surface area contributed by atoms with Crippen LogP contribution >= 0.6 is 34.8 Å². The van der Waals surface area contributed by atoms with Crippen LogP contribution in [0, 0.1) is 11.7 Å². The molecule has 0 aromatic heterocycles. The maximum atomic E-state index is 14.2. The molecule has 2 aliphatic heterocycles. The molecule has 1 saturated carbocycles. The van der Waals surface area contributed by atoms with Crippen molar-refractivity contribution in [1.82, 2.24) is 15.1 Å². The largest absolute Gasteiger partial charge is 0.371 e. The van der Waals surface area contributed by atoms with Crippen molar-refractivity contribution >= 4 is 58.0 Å². The van der Waals surface area contributed by atoms with E-state index >= 15 is 0 Å². The van der Waals surface area contributed by atoms with E-state index in [1.807, 2.05) is 35.2 Å². The van der Waals surface area contributed by atoms with Crippen LogP contribution in [0.1, 0.15) is 80.1 Å². The third-order valence-corrected chi connectivity index (χ3v) is 11.9. The quantitative estimate of drug-likeness (QED) is 0.147. The monoisotopic (exact) mass is 797 g/mol. The van der Waals surface area contributed by atoms with Crippen molar-refractivity contribution < 1.29 is 14.0 Å². The molecule has 11 heteroatoms. The van der Waals surface area contributed by atoms with Crippen LogP contribution in [0.2, 0.25) is 0 Å². The van der Waals surface area contributed by atoms with Crippen molar-refractivity contribution in [3.05, 3.63) is 95.8 Å². The van der Waals surface area contributed by atoms with Gasteiger partial charge in [-0.05, 0) is 157 Å². The Morgan fingerprint density at radius 2 is 1.28 bits per heavy atom. The molecule has 54 heavy (non-hydrogen) atoms.